The van der Waals surface area contributed by atoms with Crippen molar-refractivity contribution in [3.8, 4) is 5.75 Å². The van der Waals surface area contributed by atoms with E-state index in [1.54, 1.807) is 13.3 Å². The molecule has 1 unspecified atom stereocenters. The van der Waals surface area contributed by atoms with E-state index < -0.39 is 0 Å². The van der Waals surface area contributed by atoms with E-state index in [4.69, 9.17) is 4.74 Å². The van der Waals surface area contributed by atoms with Crippen molar-refractivity contribution in [2.45, 2.75) is 11.7 Å². The third-order valence-electron chi connectivity index (χ3n) is 4.53. The van der Waals surface area contributed by atoms with Gasteiger partial charge in [-0.3, -0.25) is 4.79 Å². The molecule has 140 valence electrons. The fourth-order valence-electron chi connectivity index (χ4n) is 3.07. The number of fused-ring (bicyclic) bond motifs is 1. The molecule has 1 amide bonds. The number of ether oxygens (including phenoxy) is 1. The minimum atomic E-state index is -0.208. The summed E-state index contributed by atoms with van der Waals surface area (Å²) in [4.78, 5) is 12.2. The zero-order chi connectivity index (χ0) is 19.3. The van der Waals surface area contributed by atoms with E-state index in [0.29, 0.717) is 11.6 Å². The Hall–Kier alpha value is -3.12. The lowest BCUT2D eigenvalue weighted by Crippen LogP contribution is -2.25. The lowest BCUT2D eigenvalue weighted by molar-refractivity contribution is -0.118. The summed E-state index contributed by atoms with van der Waals surface area (Å²) in [6.45, 7) is 0. The van der Waals surface area contributed by atoms with Gasteiger partial charge in [-0.1, -0.05) is 66.4 Å². The molecule has 0 saturated carbocycles. The lowest BCUT2D eigenvalue weighted by Gasteiger charge is -2.06. The Labute approximate surface area is 167 Å². The number of hydrogen-bond acceptors (Lipinski definition) is 5. The molecule has 1 fully saturated rings. The van der Waals surface area contributed by atoms with Crippen LogP contribution in [0.4, 0.5) is 0 Å². The van der Waals surface area contributed by atoms with Crippen molar-refractivity contribution >= 4 is 39.8 Å². The minimum Gasteiger partial charge on any atom is -0.497 e. The van der Waals surface area contributed by atoms with Crippen molar-refractivity contribution in [1.29, 1.82) is 0 Å². The van der Waals surface area contributed by atoms with Crippen LogP contribution in [0, 0.1) is 0 Å². The van der Waals surface area contributed by atoms with Gasteiger partial charge in [0.15, 0.2) is 5.17 Å². The highest BCUT2D eigenvalue weighted by molar-refractivity contribution is 8.15. The number of methoxy groups -OCH3 is 1. The van der Waals surface area contributed by atoms with Gasteiger partial charge in [0.05, 0.1) is 18.6 Å². The largest absolute Gasteiger partial charge is 0.497 e. The Balaban J connectivity index is 1.44. The average molecular weight is 389 g/mol. The molecular formula is C22H19N3O2S. The maximum atomic E-state index is 12.2. The van der Waals surface area contributed by atoms with E-state index in [9.17, 15) is 4.79 Å². The number of nitrogens with zero attached hydrogens (tertiary/aromatic N) is 2. The van der Waals surface area contributed by atoms with E-state index in [-0.39, 0.29) is 11.2 Å². The highest BCUT2D eigenvalue weighted by Crippen LogP contribution is 2.24. The third kappa shape index (κ3) is 4.07. The molecule has 6 heteroatoms. The first-order valence-electron chi connectivity index (χ1n) is 8.92. The minimum absolute atomic E-state index is 0.0417. The molecule has 28 heavy (non-hydrogen) atoms. The van der Waals surface area contributed by atoms with Crippen molar-refractivity contribution in [1.82, 2.24) is 5.32 Å². The highest BCUT2D eigenvalue weighted by atomic mass is 32.2. The van der Waals surface area contributed by atoms with Gasteiger partial charge in [-0.25, -0.2) is 0 Å². The first-order chi connectivity index (χ1) is 13.7. The molecule has 1 aliphatic rings. The molecule has 3 aromatic carbocycles. The Kier molecular flexibility index (Phi) is 5.39. The van der Waals surface area contributed by atoms with Crippen LogP contribution in [0.25, 0.3) is 10.8 Å². The van der Waals surface area contributed by atoms with Crippen LogP contribution in [-0.4, -0.2) is 29.6 Å². The van der Waals surface area contributed by atoms with Gasteiger partial charge in [-0.05, 0) is 34.9 Å². The Morgan fingerprint density at radius 1 is 1.07 bits per heavy atom. The van der Waals surface area contributed by atoms with Crippen molar-refractivity contribution in [3.63, 3.8) is 0 Å². The number of amides is 1. The van der Waals surface area contributed by atoms with E-state index >= 15 is 0 Å². The Bertz CT molecular complexity index is 1060. The van der Waals surface area contributed by atoms with Crippen LogP contribution in [0.1, 0.15) is 11.1 Å². The molecule has 0 radical (unpaired) electrons. The summed E-state index contributed by atoms with van der Waals surface area (Å²) in [5.41, 5.74) is 2.07. The molecule has 1 aliphatic heterocycles. The summed E-state index contributed by atoms with van der Waals surface area (Å²) < 4.78 is 5.17. The molecule has 4 rings (SSSR count). The predicted octanol–water partition coefficient (Wildman–Crippen LogP) is 4.01. The maximum Gasteiger partial charge on any atom is 0.239 e. The van der Waals surface area contributed by atoms with Gasteiger partial charge in [0.2, 0.25) is 5.91 Å². The van der Waals surface area contributed by atoms with E-state index in [0.717, 1.165) is 27.6 Å². The van der Waals surface area contributed by atoms with Crippen LogP contribution >= 0.6 is 11.8 Å². The fraction of sp³-hybridized carbons (Fsp3) is 0.136. The summed E-state index contributed by atoms with van der Waals surface area (Å²) in [7, 11) is 1.64. The number of nitrogens with one attached hydrogen (secondary N) is 1. The molecule has 1 atom stereocenters. The molecule has 1 saturated heterocycles. The van der Waals surface area contributed by atoms with Crippen molar-refractivity contribution in [2.75, 3.05) is 7.11 Å². The first kappa shape index (κ1) is 18.3. The number of benzene rings is 3. The van der Waals surface area contributed by atoms with E-state index in [1.165, 1.54) is 11.8 Å². The number of carbonyl (C=O) groups is 1. The van der Waals surface area contributed by atoms with Crippen LogP contribution in [0.2, 0.25) is 0 Å². The fourth-order valence-corrected chi connectivity index (χ4v) is 4.03. The molecule has 3 aromatic rings. The molecule has 0 spiro atoms. The van der Waals surface area contributed by atoms with Crippen molar-refractivity contribution in [3.05, 3.63) is 77.9 Å². The summed E-state index contributed by atoms with van der Waals surface area (Å²) in [6, 6.07) is 21.9. The highest BCUT2D eigenvalue weighted by Gasteiger charge is 2.30. The zero-order valence-electron chi connectivity index (χ0n) is 15.3. The van der Waals surface area contributed by atoms with Gasteiger partial charge in [0.1, 0.15) is 5.75 Å². The smallest absolute Gasteiger partial charge is 0.239 e. The predicted molar refractivity (Wildman–Crippen MR) is 115 cm³/mol. The van der Waals surface area contributed by atoms with Crippen molar-refractivity contribution < 1.29 is 9.53 Å². The summed E-state index contributed by atoms with van der Waals surface area (Å²) >= 11 is 1.41. The molecule has 5 nitrogen and oxygen atoms in total. The summed E-state index contributed by atoms with van der Waals surface area (Å²) in [6.07, 6.45) is 2.35. The standard InChI is InChI=1S/C22H19N3O2S/c1-27-18-11-9-15(10-12-18)13-20-21(26)24-22(28-20)25-23-14-17-7-4-6-16-5-2-3-8-19(16)17/h2-12,14,20H,13H2,1H3,(H,24,25,26)/b23-14+. The molecule has 1 N–H and O–H groups in total. The summed E-state index contributed by atoms with van der Waals surface area (Å²) in [5.74, 6) is 0.761. The monoisotopic (exact) mass is 389 g/mol. The quantitative estimate of drug-likeness (QED) is 0.530. The SMILES string of the molecule is COc1ccc(CC2S/C(=N\N=C\c3cccc4ccccc34)NC2=O)cc1. The van der Waals surface area contributed by atoms with Gasteiger partial charge < -0.3 is 10.1 Å². The number of carbonyl (C=O) groups excluding carboxylic acids is 1. The Morgan fingerprint density at radius 3 is 2.68 bits per heavy atom. The number of hydrogen-bond donors (Lipinski definition) is 1. The van der Waals surface area contributed by atoms with E-state index in [2.05, 4.69) is 33.7 Å². The summed E-state index contributed by atoms with van der Waals surface area (Å²) in [5, 5.41) is 13.8. The van der Waals surface area contributed by atoms with Crippen LogP contribution in [0.5, 0.6) is 5.75 Å². The van der Waals surface area contributed by atoms with Crippen LogP contribution in [0.15, 0.2) is 76.9 Å². The zero-order valence-corrected chi connectivity index (χ0v) is 16.1. The number of thioether (sulfide) groups is 1. The normalized spacial score (nSPS) is 18.1. The topological polar surface area (TPSA) is 63.1 Å². The van der Waals surface area contributed by atoms with E-state index in [1.807, 2.05) is 48.5 Å². The van der Waals surface area contributed by atoms with Gasteiger partial charge >= 0.3 is 0 Å². The van der Waals surface area contributed by atoms with Gasteiger partial charge in [-0.15, -0.1) is 5.10 Å². The van der Waals surface area contributed by atoms with Crippen LogP contribution in [-0.2, 0) is 11.2 Å². The molecule has 0 aliphatic carbocycles. The van der Waals surface area contributed by atoms with Crippen LogP contribution < -0.4 is 10.1 Å². The van der Waals surface area contributed by atoms with Gasteiger partial charge in [0.25, 0.3) is 0 Å². The second-order valence-electron chi connectivity index (χ2n) is 6.37. The molecule has 0 aromatic heterocycles. The average Bonchev–Trinajstić information content (AvgIpc) is 3.08. The van der Waals surface area contributed by atoms with Gasteiger partial charge in [-0.2, -0.15) is 5.10 Å². The lowest BCUT2D eigenvalue weighted by atomic mass is 10.1. The van der Waals surface area contributed by atoms with Gasteiger partial charge in [0, 0.05) is 5.56 Å². The molecular weight excluding hydrogens is 370 g/mol. The number of rotatable bonds is 5. The maximum absolute atomic E-state index is 12.2. The molecule has 1 heterocycles. The first-order valence-corrected chi connectivity index (χ1v) is 9.80. The second kappa shape index (κ2) is 8.27. The van der Waals surface area contributed by atoms with Crippen LogP contribution in [0.3, 0.4) is 0 Å². The second-order valence-corrected chi connectivity index (χ2v) is 7.56. The third-order valence-corrected chi connectivity index (χ3v) is 5.60. The Morgan fingerprint density at radius 2 is 1.86 bits per heavy atom. The van der Waals surface area contributed by atoms with Crippen molar-refractivity contribution in [2.24, 2.45) is 10.2 Å². The number of amidine groups is 1. The molecule has 0 bridgehead atoms.